The maximum atomic E-state index is 11.8. The Kier molecular flexibility index (Phi) is 6.26. The van der Waals surface area contributed by atoms with Crippen molar-refractivity contribution in [2.45, 2.75) is 13.5 Å². The minimum Gasteiger partial charge on any atom is -0.496 e. The monoisotopic (exact) mass is 334 g/mol. The summed E-state index contributed by atoms with van der Waals surface area (Å²) in [7, 11) is 1.61. The Morgan fingerprint density at radius 3 is 2.70 bits per heavy atom. The molecule has 2 aromatic carbocycles. The van der Waals surface area contributed by atoms with Crippen LogP contribution in [0, 0.1) is 6.92 Å². The minimum absolute atomic E-state index is 0.0819. The molecule has 0 aromatic heterocycles. The van der Waals surface area contributed by atoms with Crippen LogP contribution in [-0.4, -0.2) is 19.6 Å². The highest BCUT2D eigenvalue weighted by Gasteiger charge is 2.06. The highest BCUT2D eigenvalue weighted by Crippen LogP contribution is 2.21. The third-order valence-electron chi connectivity index (χ3n) is 3.19. The van der Waals surface area contributed by atoms with Crippen LogP contribution in [0.4, 0.5) is 0 Å². The highest BCUT2D eigenvalue weighted by molar-refractivity contribution is 6.30. The molecule has 0 bridgehead atoms. The van der Waals surface area contributed by atoms with Crippen LogP contribution in [0.5, 0.6) is 11.5 Å². The SMILES string of the molecule is COc1ccccc1CNNC(=O)COc1ccc(Cl)cc1C. The lowest BCUT2D eigenvalue weighted by molar-refractivity contribution is -0.124. The van der Waals surface area contributed by atoms with Gasteiger partial charge in [-0.1, -0.05) is 29.8 Å². The van der Waals surface area contributed by atoms with Crippen LogP contribution in [0.25, 0.3) is 0 Å². The van der Waals surface area contributed by atoms with Gasteiger partial charge in [-0.15, -0.1) is 0 Å². The van der Waals surface area contributed by atoms with Gasteiger partial charge in [0.05, 0.1) is 7.11 Å². The number of hydrazine groups is 1. The Morgan fingerprint density at radius 1 is 1.17 bits per heavy atom. The smallest absolute Gasteiger partial charge is 0.271 e. The molecule has 0 fully saturated rings. The van der Waals surface area contributed by atoms with Crippen LogP contribution in [0.3, 0.4) is 0 Å². The van der Waals surface area contributed by atoms with Gasteiger partial charge in [0.15, 0.2) is 6.61 Å². The van der Waals surface area contributed by atoms with E-state index < -0.39 is 0 Å². The molecular weight excluding hydrogens is 316 g/mol. The van der Waals surface area contributed by atoms with Crippen molar-refractivity contribution < 1.29 is 14.3 Å². The van der Waals surface area contributed by atoms with E-state index in [1.807, 2.05) is 31.2 Å². The van der Waals surface area contributed by atoms with Gasteiger partial charge in [0.25, 0.3) is 5.91 Å². The maximum absolute atomic E-state index is 11.8. The van der Waals surface area contributed by atoms with E-state index >= 15 is 0 Å². The lowest BCUT2D eigenvalue weighted by Gasteiger charge is -2.12. The molecule has 0 spiro atoms. The molecule has 0 saturated heterocycles. The summed E-state index contributed by atoms with van der Waals surface area (Å²) in [6.07, 6.45) is 0. The second kappa shape index (κ2) is 8.41. The molecule has 0 heterocycles. The quantitative estimate of drug-likeness (QED) is 0.764. The van der Waals surface area contributed by atoms with Crippen LogP contribution in [0.2, 0.25) is 5.02 Å². The van der Waals surface area contributed by atoms with E-state index in [0.29, 0.717) is 17.3 Å². The normalized spacial score (nSPS) is 10.2. The number of methoxy groups -OCH3 is 1. The largest absolute Gasteiger partial charge is 0.496 e. The molecule has 5 nitrogen and oxygen atoms in total. The fourth-order valence-corrected chi connectivity index (χ4v) is 2.27. The van der Waals surface area contributed by atoms with Crippen molar-refractivity contribution in [3.8, 4) is 11.5 Å². The third kappa shape index (κ3) is 5.16. The zero-order chi connectivity index (χ0) is 16.7. The molecule has 122 valence electrons. The van der Waals surface area contributed by atoms with E-state index in [-0.39, 0.29) is 12.5 Å². The first kappa shape index (κ1) is 17.1. The average Bonchev–Trinajstić information content (AvgIpc) is 2.54. The van der Waals surface area contributed by atoms with Gasteiger partial charge in [-0.2, -0.15) is 0 Å². The van der Waals surface area contributed by atoms with E-state index in [1.165, 1.54) is 0 Å². The molecule has 0 aliphatic rings. The number of carbonyl (C=O) groups is 1. The van der Waals surface area contributed by atoms with Gasteiger partial charge in [0.1, 0.15) is 11.5 Å². The Morgan fingerprint density at radius 2 is 1.96 bits per heavy atom. The summed E-state index contributed by atoms with van der Waals surface area (Å²) >= 11 is 5.88. The first-order valence-corrected chi connectivity index (χ1v) is 7.50. The fourth-order valence-electron chi connectivity index (χ4n) is 2.04. The molecule has 2 N–H and O–H groups in total. The van der Waals surface area contributed by atoms with Crippen molar-refractivity contribution in [2.24, 2.45) is 0 Å². The molecule has 2 rings (SSSR count). The number of carbonyl (C=O) groups excluding carboxylic acids is 1. The summed E-state index contributed by atoms with van der Waals surface area (Å²) in [5.41, 5.74) is 7.27. The second-order valence-electron chi connectivity index (χ2n) is 4.91. The molecule has 23 heavy (non-hydrogen) atoms. The molecule has 2 aromatic rings. The lowest BCUT2D eigenvalue weighted by atomic mass is 10.2. The van der Waals surface area contributed by atoms with Crippen LogP contribution in [-0.2, 0) is 11.3 Å². The number of amides is 1. The zero-order valence-electron chi connectivity index (χ0n) is 13.1. The number of nitrogens with one attached hydrogen (secondary N) is 2. The number of hydrogen-bond donors (Lipinski definition) is 2. The van der Waals surface area contributed by atoms with Gasteiger partial charge in [-0.05, 0) is 36.8 Å². The Labute approximate surface area is 140 Å². The number of benzene rings is 2. The van der Waals surface area contributed by atoms with Crippen molar-refractivity contribution in [3.05, 3.63) is 58.6 Å². The zero-order valence-corrected chi connectivity index (χ0v) is 13.8. The van der Waals surface area contributed by atoms with E-state index in [1.54, 1.807) is 25.3 Å². The minimum atomic E-state index is -0.269. The predicted octanol–water partition coefficient (Wildman–Crippen LogP) is 2.86. The molecule has 0 aliphatic carbocycles. The van der Waals surface area contributed by atoms with Crippen molar-refractivity contribution >= 4 is 17.5 Å². The molecular formula is C17H19ClN2O3. The first-order valence-electron chi connectivity index (χ1n) is 7.12. The number of para-hydroxylation sites is 1. The van der Waals surface area contributed by atoms with Gasteiger partial charge in [0.2, 0.25) is 0 Å². The topological polar surface area (TPSA) is 59.6 Å². The van der Waals surface area contributed by atoms with Crippen molar-refractivity contribution in [1.29, 1.82) is 0 Å². The second-order valence-corrected chi connectivity index (χ2v) is 5.35. The molecule has 0 aliphatic heterocycles. The van der Waals surface area contributed by atoms with Gasteiger partial charge in [-0.25, -0.2) is 5.43 Å². The van der Waals surface area contributed by atoms with Gasteiger partial charge >= 0.3 is 0 Å². The number of hydrogen-bond acceptors (Lipinski definition) is 4. The molecule has 0 saturated carbocycles. The Balaban J connectivity index is 1.77. The fraction of sp³-hybridized carbons (Fsp3) is 0.235. The predicted molar refractivity (Wildman–Crippen MR) is 89.7 cm³/mol. The van der Waals surface area contributed by atoms with Crippen molar-refractivity contribution in [2.75, 3.05) is 13.7 Å². The summed E-state index contributed by atoms with van der Waals surface area (Å²) < 4.78 is 10.7. The van der Waals surface area contributed by atoms with Crippen LogP contribution in [0.15, 0.2) is 42.5 Å². The summed E-state index contributed by atoms with van der Waals surface area (Å²) in [6.45, 7) is 2.25. The first-order chi connectivity index (χ1) is 11.1. The molecule has 6 heteroatoms. The number of halogens is 1. The molecule has 0 unspecified atom stereocenters. The average molecular weight is 335 g/mol. The van der Waals surface area contributed by atoms with Crippen molar-refractivity contribution in [1.82, 2.24) is 10.9 Å². The standard InChI is InChI=1S/C17H19ClN2O3/c1-12-9-14(18)7-8-15(12)23-11-17(21)20-19-10-13-5-3-4-6-16(13)22-2/h3-9,19H,10-11H2,1-2H3,(H,20,21). The summed E-state index contributed by atoms with van der Waals surface area (Å²) in [4.78, 5) is 11.8. The Hall–Kier alpha value is -2.24. The van der Waals surface area contributed by atoms with E-state index in [4.69, 9.17) is 21.1 Å². The van der Waals surface area contributed by atoms with E-state index in [2.05, 4.69) is 10.9 Å². The Bertz CT molecular complexity index is 677. The lowest BCUT2D eigenvalue weighted by Crippen LogP contribution is -2.39. The van der Waals surface area contributed by atoms with Gasteiger partial charge in [-0.3, -0.25) is 10.2 Å². The summed E-state index contributed by atoms with van der Waals surface area (Å²) in [5, 5.41) is 0.637. The molecule has 0 atom stereocenters. The third-order valence-corrected chi connectivity index (χ3v) is 3.43. The number of ether oxygens (including phenoxy) is 2. The van der Waals surface area contributed by atoms with Gasteiger partial charge in [0, 0.05) is 17.1 Å². The van der Waals surface area contributed by atoms with Gasteiger partial charge < -0.3 is 9.47 Å². The maximum Gasteiger partial charge on any atom is 0.271 e. The van der Waals surface area contributed by atoms with Crippen LogP contribution in [0.1, 0.15) is 11.1 Å². The number of aryl methyl sites for hydroxylation is 1. The van der Waals surface area contributed by atoms with E-state index in [9.17, 15) is 4.79 Å². The van der Waals surface area contributed by atoms with Crippen molar-refractivity contribution in [3.63, 3.8) is 0 Å². The van der Waals surface area contributed by atoms with Crippen LogP contribution >= 0.6 is 11.6 Å². The summed E-state index contributed by atoms with van der Waals surface area (Å²) in [5.74, 6) is 1.13. The number of rotatable bonds is 7. The summed E-state index contributed by atoms with van der Waals surface area (Å²) in [6, 6.07) is 12.8. The van der Waals surface area contributed by atoms with E-state index in [0.717, 1.165) is 16.9 Å². The molecule has 0 radical (unpaired) electrons. The molecule has 1 amide bonds. The van der Waals surface area contributed by atoms with Crippen LogP contribution < -0.4 is 20.3 Å². The highest BCUT2D eigenvalue weighted by atomic mass is 35.5.